The van der Waals surface area contributed by atoms with Crippen molar-refractivity contribution in [3.63, 3.8) is 0 Å². The molecule has 1 aromatic carbocycles. The number of carbonyl (C=O) groups is 1. The Morgan fingerprint density at radius 3 is 2.81 bits per heavy atom. The SMILES string of the molecule is Cn1cc(Nc2ncc(C(=O)O)c(NCCc3ccccc3F)n2)cn1. The lowest BCUT2D eigenvalue weighted by atomic mass is 10.1. The molecule has 0 saturated carbocycles. The molecule has 8 nitrogen and oxygen atoms in total. The Bertz CT molecular complexity index is 927. The van der Waals surface area contributed by atoms with Gasteiger partial charge in [-0.15, -0.1) is 0 Å². The van der Waals surface area contributed by atoms with Gasteiger partial charge in [-0.1, -0.05) is 18.2 Å². The van der Waals surface area contributed by atoms with E-state index in [4.69, 9.17) is 0 Å². The number of anilines is 3. The summed E-state index contributed by atoms with van der Waals surface area (Å²) in [7, 11) is 1.77. The highest BCUT2D eigenvalue weighted by Crippen LogP contribution is 2.17. The van der Waals surface area contributed by atoms with Gasteiger partial charge in [0.2, 0.25) is 5.95 Å². The molecule has 0 aliphatic rings. The normalized spacial score (nSPS) is 10.5. The molecular formula is C17H17FN6O2. The summed E-state index contributed by atoms with van der Waals surface area (Å²) in [6, 6.07) is 6.44. The second kappa shape index (κ2) is 7.60. The van der Waals surface area contributed by atoms with E-state index in [9.17, 15) is 14.3 Å². The van der Waals surface area contributed by atoms with Gasteiger partial charge >= 0.3 is 5.97 Å². The Hall–Kier alpha value is -3.49. The largest absolute Gasteiger partial charge is 0.477 e. The third-order valence-electron chi connectivity index (χ3n) is 3.62. The maximum Gasteiger partial charge on any atom is 0.341 e. The zero-order valence-corrected chi connectivity index (χ0v) is 14.0. The van der Waals surface area contributed by atoms with Crippen molar-refractivity contribution in [3.8, 4) is 0 Å². The van der Waals surface area contributed by atoms with E-state index in [0.29, 0.717) is 24.2 Å². The number of halogens is 1. The number of aromatic nitrogens is 4. The van der Waals surface area contributed by atoms with Gasteiger partial charge in [0.25, 0.3) is 0 Å². The van der Waals surface area contributed by atoms with Crippen molar-refractivity contribution in [1.82, 2.24) is 19.7 Å². The summed E-state index contributed by atoms with van der Waals surface area (Å²) in [5.74, 6) is -1.05. The second-order valence-corrected chi connectivity index (χ2v) is 5.56. The van der Waals surface area contributed by atoms with Crippen molar-refractivity contribution < 1.29 is 14.3 Å². The first-order valence-corrected chi connectivity index (χ1v) is 7.86. The lowest BCUT2D eigenvalue weighted by Gasteiger charge is -2.10. The molecule has 0 bridgehead atoms. The molecule has 0 fully saturated rings. The first kappa shape index (κ1) is 17.3. The molecule has 9 heteroatoms. The molecule has 0 amide bonds. The first-order chi connectivity index (χ1) is 12.5. The molecule has 0 saturated heterocycles. The van der Waals surface area contributed by atoms with Crippen LogP contribution in [0.4, 0.5) is 21.8 Å². The number of hydrogen-bond acceptors (Lipinski definition) is 6. The minimum atomic E-state index is -1.15. The van der Waals surface area contributed by atoms with Crippen LogP contribution in [0.1, 0.15) is 15.9 Å². The number of nitrogens with one attached hydrogen (secondary N) is 2. The molecule has 0 atom stereocenters. The van der Waals surface area contributed by atoms with Crippen LogP contribution in [0, 0.1) is 5.82 Å². The summed E-state index contributed by atoms with van der Waals surface area (Å²) in [4.78, 5) is 19.6. The van der Waals surface area contributed by atoms with Gasteiger partial charge in [-0.3, -0.25) is 4.68 Å². The van der Waals surface area contributed by atoms with Crippen LogP contribution in [-0.2, 0) is 13.5 Å². The molecule has 0 aliphatic carbocycles. The Labute approximate surface area is 148 Å². The van der Waals surface area contributed by atoms with Crippen molar-refractivity contribution in [1.29, 1.82) is 0 Å². The molecule has 2 heterocycles. The number of hydrogen-bond donors (Lipinski definition) is 3. The minimum absolute atomic E-state index is 0.0599. The number of aryl methyl sites for hydroxylation is 1. The van der Waals surface area contributed by atoms with Crippen LogP contribution in [0.3, 0.4) is 0 Å². The number of carboxylic acids is 1. The van der Waals surface area contributed by atoms with Crippen LogP contribution >= 0.6 is 0 Å². The molecular weight excluding hydrogens is 339 g/mol. The number of aromatic carboxylic acids is 1. The Balaban J connectivity index is 1.74. The monoisotopic (exact) mass is 356 g/mol. The molecule has 0 unspecified atom stereocenters. The van der Waals surface area contributed by atoms with Crippen LogP contribution in [-0.4, -0.2) is 37.4 Å². The molecule has 26 heavy (non-hydrogen) atoms. The van der Waals surface area contributed by atoms with Gasteiger partial charge in [0.05, 0.1) is 11.9 Å². The summed E-state index contributed by atoms with van der Waals surface area (Å²) in [5.41, 5.74) is 1.16. The van der Waals surface area contributed by atoms with Gasteiger partial charge in [0.1, 0.15) is 17.2 Å². The van der Waals surface area contributed by atoms with Crippen molar-refractivity contribution in [3.05, 3.63) is 59.8 Å². The predicted octanol–water partition coefficient (Wildman–Crippen LogP) is 2.45. The van der Waals surface area contributed by atoms with Crippen molar-refractivity contribution in [2.24, 2.45) is 7.05 Å². The van der Waals surface area contributed by atoms with Crippen LogP contribution in [0.15, 0.2) is 42.9 Å². The first-order valence-electron chi connectivity index (χ1n) is 7.86. The van der Waals surface area contributed by atoms with E-state index in [-0.39, 0.29) is 23.1 Å². The van der Waals surface area contributed by atoms with Gasteiger partial charge in [-0.05, 0) is 18.1 Å². The minimum Gasteiger partial charge on any atom is -0.477 e. The van der Waals surface area contributed by atoms with E-state index in [1.54, 1.807) is 42.3 Å². The molecule has 3 rings (SSSR count). The summed E-state index contributed by atoms with van der Waals surface area (Å²) in [6.07, 6.45) is 4.94. The van der Waals surface area contributed by atoms with Gasteiger partial charge in [0.15, 0.2) is 0 Å². The zero-order valence-electron chi connectivity index (χ0n) is 14.0. The fourth-order valence-electron chi connectivity index (χ4n) is 2.36. The summed E-state index contributed by atoms with van der Waals surface area (Å²) in [5, 5.41) is 19.2. The Morgan fingerprint density at radius 1 is 1.31 bits per heavy atom. The fourth-order valence-corrected chi connectivity index (χ4v) is 2.36. The molecule has 3 N–H and O–H groups in total. The molecule has 0 spiro atoms. The number of carboxylic acid groups (broad SMARTS) is 1. The van der Waals surface area contributed by atoms with Crippen LogP contribution < -0.4 is 10.6 Å². The van der Waals surface area contributed by atoms with E-state index in [1.165, 1.54) is 12.3 Å². The highest BCUT2D eigenvalue weighted by atomic mass is 19.1. The van der Waals surface area contributed by atoms with E-state index in [1.807, 2.05) is 0 Å². The van der Waals surface area contributed by atoms with E-state index in [0.717, 1.165) is 0 Å². The number of benzene rings is 1. The van der Waals surface area contributed by atoms with E-state index in [2.05, 4.69) is 25.7 Å². The smallest absolute Gasteiger partial charge is 0.341 e. The standard InChI is InChI=1S/C17H17FN6O2/c1-24-10-12(8-21-24)22-17-20-9-13(16(25)26)15(23-17)19-7-6-11-4-2-3-5-14(11)18/h2-5,8-10H,6-7H2,1H3,(H,25,26)(H2,19,20,22,23). The van der Waals surface area contributed by atoms with Crippen LogP contribution in [0.5, 0.6) is 0 Å². The van der Waals surface area contributed by atoms with E-state index >= 15 is 0 Å². The Morgan fingerprint density at radius 2 is 2.12 bits per heavy atom. The lowest BCUT2D eigenvalue weighted by Crippen LogP contribution is -2.13. The van der Waals surface area contributed by atoms with Crippen molar-refractivity contribution in [2.45, 2.75) is 6.42 Å². The maximum atomic E-state index is 13.7. The van der Waals surface area contributed by atoms with Crippen molar-refractivity contribution >= 4 is 23.4 Å². The third-order valence-corrected chi connectivity index (χ3v) is 3.62. The topological polar surface area (TPSA) is 105 Å². The molecule has 2 aromatic heterocycles. The maximum absolute atomic E-state index is 13.7. The van der Waals surface area contributed by atoms with Gasteiger partial charge < -0.3 is 15.7 Å². The fraction of sp³-hybridized carbons (Fsp3) is 0.176. The highest BCUT2D eigenvalue weighted by molar-refractivity contribution is 5.93. The van der Waals surface area contributed by atoms with Crippen molar-refractivity contribution in [2.75, 3.05) is 17.2 Å². The average Bonchev–Trinajstić information content (AvgIpc) is 3.01. The highest BCUT2D eigenvalue weighted by Gasteiger charge is 2.14. The van der Waals surface area contributed by atoms with Gasteiger partial charge in [-0.25, -0.2) is 14.2 Å². The number of nitrogens with zero attached hydrogens (tertiary/aromatic N) is 4. The lowest BCUT2D eigenvalue weighted by molar-refractivity contribution is 0.0697. The Kier molecular flexibility index (Phi) is 5.07. The van der Waals surface area contributed by atoms with Gasteiger partial charge in [-0.2, -0.15) is 10.1 Å². The second-order valence-electron chi connectivity index (χ2n) is 5.56. The summed E-state index contributed by atoms with van der Waals surface area (Å²) >= 11 is 0. The molecule has 0 aliphatic heterocycles. The summed E-state index contributed by atoms with van der Waals surface area (Å²) < 4.78 is 15.3. The quantitative estimate of drug-likeness (QED) is 0.597. The average molecular weight is 356 g/mol. The summed E-state index contributed by atoms with van der Waals surface area (Å²) in [6.45, 7) is 0.324. The zero-order chi connectivity index (χ0) is 18.5. The predicted molar refractivity (Wildman–Crippen MR) is 94.1 cm³/mol. The van der Waals surface area contributed by atoms with Crippen LogP contribution in [0.2, 0.25) is 0 Å². The molecule has 3 aromatic rings. The molecule has 0 radical (unpaired) electrons. The number of rotatable bonds is 7. The third kappa shape index (κ3) is 4.12. The van der Waals surface area contributed by atoms with Crippen LogP contribution in [0.25, 0.3) is 0 Å². The van der Waals surface area contributed by atoms with Gasteiger partial charge in [0, 0.05) is 26.0 Å². The van der Waals surface area contributed by atoms with E-state index < -0.39 is 5.97 Å². The molecule has 134 valence electrons.